The average molecular weight is 1300 g/mol. The molecular formula is C62H102N6O19SSi. The first-order valence-electron chi connectivity index (χ1n) is 31.2. The molecule has 2 aromatic rings. The van der Waals surface area contributed by atoms with Gasteiger partial charge in [-0.1, -0.05) is 57.2 Å². The predicted molar refractivity (Wildman–Crippen MR) is 330 cm³/mol. The third-order valence-electron chi connectivity index (χ3n) is 18.3. The van der Waals surface area contributed by atoms with Crippen LogP contribution in [0.1, 0.15) is 126 Å². The van der Waals surface area contributed by atoms with Gasteiger partial charge >= 0.3 is 11.9 Å². The van der Waals surface area contributed by atoms with Crippen LogP contribution < -0.4 is 19.9 Å². The number of esters is 2. The maximum Gasteiger partial charge on any atom is 0.308 e. The second-order valence-electron chi connectivity index (χ2n) is 26.6. The zero-order valence-corrected chi connectivity index (χ0v) is 57.0. The van der Waals surface area contributed by atoms with E-state index >= 15 is 0 Å². The van der Waals surface area contributed by atoms with E-state index in [9.17, 15) is 28.2 Å². The lowest BCUT2D eigenvalue weighted by atomic mass is 9.82. The number of benzene rings is 1. The number of rotatable bonds is 20. The number of hydrogen-bond acceptors (Lipinski definition) is 23. The molecule has 0 radical (unpaired) electrons. The zero-order valence-electron chi connectivity index (χ0n) is 55.2. The first kappa shape index (κ1) is 72.4. The van der Waals surface area contributed by atoms with Gasteiger partial charge in [-0.3, -0.25) is 9.59 Å². The Bertz CT molecular complexity index is 2820. The van der Waals surface area contributed by atoms with Crippen molar-refractivity contribution in [3.05, 3.63) is 48.3 Å². The van der Waals surface area contributed by atoms with Crippen molar-refractivity contribution in [2.75, 3.05) is 42.5 Å². The number of aliphatic hydroxyl groups is 2. The monoisotopic (exact) mass is 1290 g/mol. The number of aliphatic hydroxyl groups excluding tert-OH is 1. The van der Waals surface area contributed by atoms with Gasteiger partial charge in [-0.05, 0) is 118 Å². The van der Waals surface area contributed by atoms with E-state index in [2.05, 4.69) is 69.4 Å². The fourth-order valence-corrected chi connectivity index (χ4v) is 14.3. The lowest BCUT2D eigenvalue weighted by Crippen LogP contribution is -2.65. The lowest BCUT2D eigenvalue weighted by Gasteiger charge is -2.50. The topological polar surface area (TPSA) is 301 Å². The second kappa shape index (κ2) is 30.8. The van der Waals surface area contributed by atoms with Gasteiger partial charge in [0.25, 0.3) is 0 Å². The molecule has 0 spiro atoms. The van der Waals surface area contributed by atoms with Crippen molar-refractivity contribution in [2.24, 2.45) is 17.0 Å². The Kier molecular flexibility index (Phi) is 25.1. The molecule has 1 aromatic heterocycles. The van der Waals surface area contributed by atoms with Gasteiger partial charge in [0.05, 0.1) is 75.2 Å². The SMILES string of the molecule is CN[C@H]1CC[C@H](O[C@H]2/C=C/C=C/C[C@@H](C)OC(=O)C[C@H]3OC(O[Si](C)(C)C(C)(C)C)C[C@@H](C[C@H]2C)[C@H](O[C@@H]2O[C@H](C)[C@@H](O[C@H]4C[C@@](C)(O)[C@@H](OC(=O)CCCc5cn(-c6cc(OC)c(S(N)(=O)=O)cc6OC)nn5)[C@H](C)O4)[C@H](N(C)C)[C@H]2O)[C@H]3OC)O[C@@H]1C. The Labute approximate surface area is 527 Å². The minimum absolute atomic E-state index is 0.00908. The zero-order chi connectivity index (χ0) is 65.5. The van der Waals surface area contributed by atoms with Crippen molar-refractivity contribution in [3.8, 4) is 17.2 Å². The van der Waals surface area contributed by atoms with Crippen LogP contribution in [0, 0.1) is 11.8 Å². The molecule has 504 valence electrons. The molecule has 89 heavy (non-hydrogen) atoms. The van der Waals surface area contributed by atoms with Crippen molar-refractivity contribution in [1.29, 1.82) is 0 Å². The number of hydrogen-bond donors (Lipinski definition) is 4. The summed E-state index contributed by atoms with van der Waals surface area (Å²) in [5.41, 5.74) is -0.743. The fraction of sp³-hybridized carbons (Fsp3) is 0.774. The smallest absolute Gasteiger partial charge is 0.308 e. The number of aromatic nitrogens is 3. The molecule has 5 aliphatic heterocycles. The molecule has 4 saturated heterocycles. The van der Waals surface area contributed by atoms with Gasteiger partial charge in [-0.25, -0.2) is 18.2 Å². The molecule has 5 N–H and O–H groups in total. The van der Waals surface area contributed by atoms with Gasteiger partial charge in [0.1, 0.15) is 58.4 Å². The number of carbonyl (C=O) groups excluding carboxylic acids is 2. The highest BCUT2D eigenvalue weighted by Gasteiger charge is 2.54. The minimum atomic E-state index is -4.13. The number of cyclic esters (lactones) is 1. The predicted octanol–water partition coefficient (Wildman–Crippen LogP) is 5.99. The summed E-state index contributed by atoms with van der Waals surface area (Å²) in [6.45, 7) is 22.0. The van der Waals surface area contributed by atoms with E-state index in [0.29, 0.717) is 49.9 Å². The summed E-state index contributed by atoms with van der Waals surface area (Å²) in [6.07, 6.45) is 0.994. The number of fused-ring (bicyclic) bond motifs is 3. The standard InChI is InChI=1S/C62H102N6O19SSi/c1-35-28-40-29-52(87-89(16,17)61(6,7)8)83-47(32-50(70)78-36(2)22-19-18-20-24-44(35)82-51-27-26-42(64-10)37(3)79-51)58(77-15)57(40)86-60-55(71)54(67(11)12)56(38(4)81-60)85-53-33-62(9,72)59(39(5)80-53)84-49(69)25-21-23-41-34-68(66-65-41)43-30-46(76-14)48(88(63,73)74)31-45(43)75-13/h18-20,24,30-31,34-40,42,44,47,51-60,64,71-72H,21-23,25-29,32-33H2,1-17H3,(H2,63,73,74)/b19-18+,24-20+/t35-,36-,37-,38-,39+,40-,42+,44+,47-,51+,52?,53+,54-,55-,56-,57+,58+,59+,60+,62-/m1/s1. The highest BCUT2D eigenvalue weighted by molar-refractivity contribution is 7.89. The molecule has 6 heterocycles. The largest absolute Gasteiger partial charge is 0.495 e. The van der Waals surface area contributed by atoms with Gasteiger partial charge in [-0.2, -0.15) is 0 Å². The Hall–Kier alpha value is -4.01. The van der Waals surface area contributed by atoms with Gasteiger partial charge in [0.15, 0.2) is 33.3 Å². The van der Waals surface area contributed by atoms with Gasteiger partial charge < -0.3 is 81.7 Å². The molecule has 0 amide bonds. The maximum atomic E-state index is 14.0. The Morgan fingerprint density at radius 3 is 2.25 bits per heavy atom. The third kappa shape index (κ3) is 18.4. The molecular weight excluding hydrogens is 1190 g/mol. The molecule has 4 fully saturated rings. The molecule has 2 bridgehead atoms. The minimum Gasteiger partial charge on any atom is -0.495 e. The van der Waals surface area contributed by atoms with E-state index in [0.717, 1.165) is 6.42 Å². The third-order valence-corrected chi connectivity index (χ3v) is 23.7. The van der Waals surface area contributed by atoms with Gasteiger partial charge in [0.2, 0.25) is 10.0 Å². The van der Waals surface area contributed by atoms with Crippen molar-refractivity contribution in [3.63, 3.8) is 0 Å². The molecule has 1 aromatic carbocycles. The lowest BCUT2D eigenvalue weighted by molar-refractivity contribution is -0.343. The van der Waals surface area contributed by atoms with Gasteiger partial charge in [0, 0.05) is 51.0 Å². The quantitative estimate of drug-likeness (QED) is 0.0874. The van der Waals surface area contributed by atoms with Crippen LogP contribution in [0.25, 0.3) is 5.69 Å². The van der Waals surface area contributed by atoms with E-state index < -0.39 is 128 Å². The highest BCUT2D eigenvalue weighted by Crippen LogP contribution is 2.44. The second-order valence-corrected chi connectivity index (χ2v) is 32.9. The average Bonchev–Trinajstić information content (AvgIpc) is 1.72. The maximum absolute atomic E-state index is 14.0. The molecule has 27 heteroatoms. The van der Waals surface area contributed by atoms with E-state index in [-0.39, 0.29) is 64.7 Å². The number of nitrogens with one attached hydrogen (secondary N) is 1. The van der Waals surface area contributed by atoms with E-state index in [1.54, 1.807) is 27.2 Å². The Morgan fingerprint density at radius 1 is 0.910 bits per heavy atom. The van der Waals surface area contributed by atoms with Crippen molar-refractivity contribution >= 4 is 30.3 Å². The van der Waals surface area contributed by atoms with Crippen LogP contribution in [0.2, 0.25) is 18.1 Å². The van der Waals surface area contributed by atoms with Crippen LogP contribution in [-0.4, -0.2) is 211 Å². The summed E-state index contributed by atoms with van der Waals surface area (Å²) in [5.74, 6) is -1.42. The number of aryl methyl sites for hydroxylation is 1. The van der Waals surface area contributed by atoms with Crippen LogP contribution in [-0.2, 0) is 77.8 Å². The van der Waals surface area contributed by atoms with Crippen LogP contribution >= 0.6 is 0 Å². The molecule has 7 rings (SSSR count). The molecule has 20 atom stereocenters. The first-order chi connectivity index (χ1) is 41.8. The fourth-order valence-electron chi connectivity index (χ4n) is 12.5. The Balaban J connectivity index is 1.07. The van der Waals surface area contributed by atoms with Crippen LogP contribution in [0.15, 0.2) is 47.5 Å². The molecule has 1 unspecified atom stereocenters. The number of likely N-dealkylation sites (N-methyl/N-ethyl adjacent to an activating group) is 2. The summed E-state index contributed by atoms with van der Waals surface area (Å²) in [5, 5.41) is 41.6. The molecule has 25 nitrogen and oxygen atoms in total. The normalized spacial score (nSPS) is 36.2. The number of ether oxygens (including phenoxy) is 12. The first-order valence-corrected chi connectivity index (χ1v) is 35.7. The van der Waals surface area contributed by atoms with E-state index in [4.69, 9.17) is 66.4 Å². The van der Waals surface area contributed by atoms with Gasteiger partial charge in [-0.15, -0.1) is 5.10 Å². The van der Waals surface area contributed by atoms with Crippen LogP contribution in [0.4, 0.5) is 0 Å². The number of nitrogens with zero attached hydrogens (tertiary/aromatic N) is 4. The van der Waals surface area contributed by atoms with E-state index in [1.807, 2.05) is 58.1 Å². The van der Waals surface area contributed by atoms with Crippen LogP contribution in [0.5, 0.6) is 11.5 Å². The Morgan fingerprint density at radius 2 is 1.62 bits per heavy atom. The summed E-state index contributed by atoms with van der Waals surface area (Å²) in [7, 11) is 3.19. The summed E-state index contributed by atoms with van der Waals surface area (Å²) >= 11 is 0. The number of carbonyl (C=O) groups is 2. The number of nitrogens with two attached hydrogens (primary N) is 1. The van der Waals surface area contributed by atoms with Crippen molar-refractivity contribution in [1.82, 2.24) is 25.2 Å². The summed E-state index contributed by atoms with van der Waals surface area (Å²) < 4.78 is 109. The number of allylic oxidation sites excluding steroid dienone is 2. The van der Waals surface area contributed by atoms with E-state index in [1.165, 1.54) is 31.0 Å². The number of primary sulfonamides is 1. The van der Waals surface area contributed by atoms with Crippen molar-refractivity contribution in [2.45, 2.75) is 260 Å². The molecule has 0 saturated carbocycles. The summed E-state index contributed by atoms with van der Waals surface area (Å²) in [6, 6.07) is 2.11. The molecule has 0 aliphatic carbocycles. The number of methoxy groups -OCH3 is 3. The number of sulfonamides is 1. The van der Waals surface area contributed by atoms with Crippen LogP contribution in [0.3, 0.4) is 0 Å². The highest BCUT2D eigenvalue weighted by atomic mass is 32.2. The molecule has 5 aliphatic rings. The van der Waals surface area contributed by atoms with Crippen molar-refractivity contribution < 1.29 is 89.5 Å². The summed E-state index contributed by atoms with van der Waals surface area (Å²) in [4.78, 5) is 29.0.